The van der Waals surface area contributed by atoms with Gasteiger partial charge in [0.05, 0.1) is 4.47 Å². The summed E-state index contributed by atoms with van der Waals surface area (Å²) in [5, 5.41) is 5.98. The lowest BCUT2D eigenvalue weighted by atomic mass is 10.1. The second kappa shape index (κ2) is 8.30. The third-order valence-corrected chi connectivity index (χ3v) is 4.76. The van der Waals surface area contributed by atoms with Crippen molar-refractivity contribution in [3.63, 3.8) is 0 Å². The smallest absolute Gasteiger partial charge is 0.253 e. The van der Waals surface area contributed by atoms with Gasteiger partial charge in [-0.05, 0) is 59.1 Å². The van der Waals surface area contributed by atoms with Crippen molar-refractivity contribution in [2.45, 2.75) is 19.4 Å². The minimum Gasteiger partial charge on any atom is -0.350 e. The number of halogens is 1. The summed E-state index contributed by atoms with van der Waals surface area (Å²) in [5.41, 5.74) is 2.10. The number of likely N-dealkylation sites (tertiary alicyclic amines) is 1. The molecular formula is C19H20BrN5O2. The Morgan fingerprint density at radius 2 is 2.07 bits per heavy atom. The molecule has 1 atom stereocenters. The Hall–Kier alpha value is -2.74. The van der Waals surface area contributed by atoms with Crippen molar-refractivity contribution in [3.8, 4) is 0 Å². The molecule has 140 valence electrons. The first-order valence-electron chi connectivity index (χ1n) is 8.53. The van der Waals surface area contributed by atoms with Gasteiger partial charge in [-0.2, -0.15) is 0 Å². The van der Waals surface area contributed by atoms with Crippen molar-refractivity contribution in [3.05, 3.63) is 58.8 Å². The zero-order chi connectivity index (χ0) is 19.4. The van der Waals surface area contributed by atoms with Crippen molar-refractivity contribution in [2.24, 2.45) is 0 Å². The molecule has 1 aliphatic rings. The van der Waals surface area contributed by atoms with Gasteiger partial charge < -0.3 is 15.5 Å². The topological polar surface area (TPSA) is 87.2 Å². The number of benzene rings is 1. The van der Waals surface area contributed by atoms with Gasteiger partial charge in [-0.25, -0.2) is 9.97 Å². The van der Waals surface area contributed by atoms with Crippen LogP contribution in [0.15, 0.2) is 47.7 Å². The molecular weight excluding hydrogens is 410 g/mol. The molecule has 1 aliphatic heterocycles. The first kappa shape index (κ1) is 19.0. The van der Waals surface area contributed by atoms with E-state index >= 15 is 0 Å². The summed E-state index contributed by atoms with van der Waals surface area (Å²) >= 11 is 3.31. The van der Waals surface area contributed by atoms with Crippen LogP contribution in [0.2, 0.25) is 0 Å². The summed E-state index contributed by atoms with van der Waals surface area (Å²) in [7, 11) is 0. The Morgan fingerprint density at radius 3 is 2.74 bits per heavy atom. The number of hydrogen-bond donors (Lipinski definition) is 2. The number of rotatable bonds is 5. The second-order valence-electron chi connectivity index (χ2n) is 6.33. The first-order chi connectivity index (χ1) is 13.0. The maximum absolute atomic E-state index is 12.8. The summed E-state index contributed by atoms with van der Waals surface area (Å²) in [4.78, 5) is 34.5. The van der Waals surface area contributed by atoms with Crippen LogP contribution < -0.4 is 10.6 Å². The van der Waals surface area contributed by atoms with E-state index in [4.69, 9.17) is 0 Å². The molecule has 0 radical (unpaired) electrons. The quantitative estimate of drug-likeness (QED) is 0.713. The third-order valence-electron chi connectivity index (χ3n) is 4.35. The van der Waals surface area contributed by atoms with Gasteiger partial charge in [-0.3, -0.25) is 9.59 Å². The van der Waals surface area contributed by atoms with Crippen LogP contribution in [0.25, 0.3) is 0 Å². The number of nitrogens with one attached hydrogen (secondary N) is 2. The largest absolute Gasteiger partial charge is 0.350 e. The van der Waals surface area contributed by atoms with Crippen LogP contribution in [0.3, 0.4) is 0 Å². The van der Waals surface area contributed by atoms with E-state index in [-0.39, 0.29) is 17.9 Å². The van der Waals surface area contributed by atoms with E-state index in [2.05, 4.69) is 43.1 Å². The van der Waals surface area contributed by atoms with Crippen molar-refractivity contribution in [1.82, 2.24) is 14.9 Å². The molecule has 27 heavy (non-hydrogen) atoms. The summed E-state index contributed by atoms with van der Waals surface area (Å²) in [6.45, 7) is 6.55. The van der Waals surface area contributed by atoms with Crippen molar-refractivity contribution in [1.29, 1.82) is 0 Å². The van der Waals surface area contributed by atoms with Crippen LogP contribution in [-0.4, -0.2) is 45.8 Å². The molecule has 0 unspecified atom stereocenters. The maximum Gasteiger partial charge on any atom is 0.253 e. The molecule has 0 aliphatic carbocycles. The predicted octanol–water partition coefficient (Wildman–Crippen LogP) is 3.00. The van der Waals surface area contributed by atoms with E-state index in [0.717, 1.165) is 16.5 Å². The van der Waals surface area contributed by atoms with Crippen LogP contribution in [0, 0.1) is 6.92 Å². The number of hydrogen-bond acceptors (Lipinski definition) is 5. The maximum atomic E-state index is 12.8. The molecule has 2 aromatic rings. The monoisotopic (exact) mass is 429 g/mol. The molecule has 2 amide bonds. The lowest BCUT2D eigenvalue weighted by Gasteiger charge is -2.18. The molecule has 1 aromatic heterocycles. The third kappa shape index (κ3) is 4.71. The van der Waals surface area contributed by atoms with Gasteiger partial charge in [0.15, 0.2) is 0 Å². The van der Waals surface area contributed by atoms with Gasteiger partial charge in [-0.15, -0.1) is 0 Å². The molecule has 1 saturated heterocycles. The van der Waals surface area contributed by atoms with E-state index in [1.807, 2.05) is 11.8 Å². The SMILES string of the molecule is C=CC(=O)Nc1ccc(C(=O)N2CC[C@@H](Nc3ncc(Br)cn3)C2)cc1C. The fourth-order valence-electron chi connectivity index (χ4n) is 2.94. The van der Waals surface area contributed by atoms with Crippen LogP contribution in [0.1, 0.15) is 22.3 Å². The highest BCUT2D eigenvalue weighted by Crippen LogP contribution is 2.21. The average Bonchev–Trinajstić information content (AvgIpc) is 3.13. The lowest BCUT2D eigenvalue weighted by Crippen LogP contribution is -2.32. The molecule has 0 saturated carbocycles. The summed E-state index contributed by atoms with van der Waals surface area (Å²) < 4.78 is 0.819. The van der Waals surface area contributed by atoms with Crippen LogP contribution in [0.5, 0.6) is 0 Å². The zero-order valence-electron chi connectivity index (χ0n) is 14.9. The van der Waals surface area contributed by atoms with Crippen molar-refractivity contribution < 1.29 is 9.59 Å². The molecule has 3 rings (SSSR count). The van der Waals surface area contributed by atoms with Crippen LogP contribution >= 0.6 is 15.9 Å². The van der Waals surface area contributed by atoms with Gasteiger partial charge in [0.25, 0.3) is 5.91 Å². The highest BCUT2D eigenvalue weighted by molar-refractivity contribution is 9.10. The number of aryl methyl sites for hydroxylation is 1. The molecule has 2 N–H and O–H groups in total. The van der Waals surface area contributed by atoms with Crippen molar-refractivity contribution in [2.75, 3.05) is 23.7 Å². The van der Waals surface area contributed by atoms with E-state index in [9.17, 15) is 9.59 Å². The number of aromatic nitrogens is 2. The highest BCUT2D eigenvalue weighted by atomic mass is 79.9. The Bertz CT molecular complexity index is 869. The number of anilines is 2. The Labute approximate surface area is 166 Å². The normalized spacial score (nSPS) is 16.1. The number of nitrogens with zero attached hydrogens (tertiary/aromatic N) is 3. The van der Waals surface area contributed by atoms with Crippen LogP contribution in [-0.2, 0) is 4.79 Å². The average molecular weight is 430 g/mol. The van der Waals surface area contributed by atoms with Crippen LogP contribution in [0.4, 0.5) is 11.6 Å². The van der Waals surface area contributed by atoms with Gasteiger partial charge >= 0.3 is 0 Å². The standard InChI is InChI=1S/C19H20BrN5O2/c1-3-17(26)24-16-5-4-13(8-12(16)2)18(27)25-7-6-15(11-25)23-19-21-9-14(20)10-22-19/h3-5,8-10,15H,1,6-7,11H2,2H3,(H,24,26)(H,21,22,23)/t15-/m1/s1. The van der Waals surface area contributed by atoms with Gasteiger partial charge in [0.1, 0.15) is 0 Å². The van der Waals surface area contributed by atoms with Crippen molar-refractivity contribution >= 4 is 39.4 Å². The zero-order valence-corrected chi connectivity index (χ0v) is 16.5. The second-order valence-corrected chi connectivity index (χ2v) is 7.24. The molecule has 0 bridgehead atoms. The lowest BCUT2D eigenvalue weighted by molar-refractivity contribution is -0.111. The Morgan fingerprint density at radius 1 is 1.33 bits per heavy atom. The first-order valence-corrected chi connectivity index (χ1v) is 9.33. The number of carbonyl (C=O) groups excluding carboxylic acids is 2. The van der Waals surface area contributed by atoms with Gasteiger partial charge in [0.2, 0.25) is 11.9 Å². The van der Waals surface area contributed by atoms with Gasteiger partial charge in [-0.1, -0.05) is 6.58 Å². The molecule has 8 heteroatoms. The fraction of sp³-hybridized carbons (Fsp3) is 0.263. The summed E-state index contributed by atoms with van der Waals surface area (Å²) in [5.74, 6) is 0.247. The molecule has 2 heterocycles. The molecule has 0 spiro atoms. The predicted molar refractivity (Wildman–Crippen MR) is 108 cm³/mol. The minimum atomic E-state index is -0.277. The number of amides is 2. The fourth-order valence-corrected chi connectivity index (χ4v) is 3.14. The minimum absolute atomic E-state index is 0.0271. The Kier molecular flexibility index (Phi) is 5.85. The Balaban J connectivity index is 1.62. The summed E-state index contributed by atoms with van der Waals surface area (Å²) in [6, 6.07) is 5.37. The highest BCUT2D eigenvalue weighted by Gasteiger charge is 2.27. The van der Waals surface area contributed by atoms with Gasteiger partial charge in [0, 0.05) is 42.8 Å². The molecule has 1 fully saturated rings. The molecule has 1 aromatic carbocycles. The number of carbonyl (C=O) groups is 2. The van der Waals surface area contributed by atoms with E-state index in [1.54, 1.807) is 30.6 Å². The molecule has 7 nitrogen and oxygen atoms in total. The van der Waals surface area contributed by atoms with E-state index in [1.165, 1.54) is 6.08 Å². The van der Waals surface area contributed by atoms with E-state index in [0.29, 0.717) is 30.3 Å². The summed E-state index contributed by atoms with van der Waals surface area (Å²) in [6.07, 6.45) is 5.41. The van der Waals surface area contributed by atoms with E-state index < -0.39 is 0 Å².